The number of esters is 1. The third-order valence-corrected chi connectivity index (χ3v) is 11.9. The van der Waals surface area contributed by atoms with E-state index in [-0.39, 0.29) is 48.4 Å². The molecule has 4 aliphatic rings. The number of nitrogens with zero attached hydrogens (tertiary/aromatic N) is 4. The first-order chi connectivity index (χ1) is 28.3. The smallest absolute Gasteiger partial charge is 0.331 e. The highest BCUT2D eigenvalue weighted by Crippen LogP contribution is 2.40. The number of fused-ring (bicyclic) bond motifs is 2. The Bertz CT molecular complexity index is 1570. The van der Waals surface area contributed by atoms with Gasteiger partial charge in [-0.3, -0.25) is 49.2 Å². The molecule has 0 aromatic carbocycles. The molecule has 0 unspecified atom stereocenters. The van der Waals surface area contributed by atoms with Crippen molar-refractivity contribution >= 4 is 41.4 Å². The fourth-order valence-corrected chi connectivity index (χ4v) is 7.95. The molecular weight excluding hydrogens is 792 g/mol. The summed E-state index contributed by atoms with van der Waals surface area (Å²) in [6, 6.07) is -8.28. The van der Waals surface area contributed by atoms with Gasteiger partial charge in [0.15, 0.2) is 17.7 Å². The number of rotatable bonds is 10. The second kappa shape index (κ2) is 21.2. The van der Waals surface area contributed by atoms with Gasteiger partial charge in [-0.05, 0) is 72.1 Å². The van der Waals surface area contributed by atoms with Gasteiger partial charge in [-0.15, -0.1) is 0 Å². The van der Waals surface area contributed by atoms with E-state index in [4.69, 9.17) is 14.2 Å². The zero-order valence-corrected chi connectivity index (χ0v) is 35.4. The molecule has 0 aliphatic carbocycles. The van der Waals surface area contributed by atoms with Crippen LogP contribution in [0.4, 0.5) is 0 Å². The number of carbonyl (C=O) groups is 7. The minimum absolute atomic E-state index is 0.0475. The predicted molar refractivity (Wildman–Crippen MR) is 206 cm³/mol. The molecule has 4 rings (SSSR count). The number of cyclic esters (lactones) is 1. The normalized spacial score (nSPS) is 33.1. The van der Waals surface area contributed by atoms with Crippen molar-refractivity contribution in [2.45, 2.75) is 159 Å². The molecule has 4 heterocycles. The number of hydroxylamine groups is 4. The van der Waals surface area contributed by atoms with Crippen LogP contribution in [0.15, 0.2) is 0 Å². The third-order valence-electron chi connectivity index (χ3n) is 11.9. The number of ether oxygens (including phenoxy) is 3. The maximum Gasteiger partial charge on any atom is 0.331 e. The van der Waals surface area contributed by atoms with Crippen molar-refractivity contribution in [3.8, 4) is 0 Å². The topological polar surface area (TPSA) is 289 Å². The molecule has 22 nitrogen and oxygen atoms in total. The molecule has 60 heavy (non-hydrogen) atoms. The van der Waals surface area contributed by atoms with E-state index >= 15 is 0 Å². The van der Waals surface area contributed by atoms with Crippen molar-refractivity contribution in [1.82, 2.24) is 41.6 Å². The molecule has 0 aromatic rings. The molecule has 22 heteroatoms. The summed E-state index contributed by atoms with van der Waals surface area (Å²) in [7, 11) is 1.20. The molecule has 8 N–H and O–H groups in total. The Morgan fingerprint density at radius 2 is 1.52 bits per heavy atom. The average Bonchev–Trinajstić information content (AvgIpc) is 3.23. The number of nitrogens with one attached hydrogen (secondary N) is 4. The molecular formula is C38H64N8O14. The molecule has 340 valence electrons. The van der Waals surface area contributed by atoms with E-state index in [0.717, 1.165) is 56.0 Å². The second-order valence-corrected chi connectivity index (χ2v) is 16.3. The number of hydrogen-bond donors (Lipinski definition) is 8. The molecule has 0 radical (unpaired) electrons. The highest BCUT2D eigenvalue weighted by Gasteiger charge is 2.57. The summed E-state index contributed by atoms with van der Waals surface area (Å²) in [6.45, 7) is 6.27. The Labute approximate surface area is 349 Å². The minimum Gasteiger partial charge on any atom is -0.458 e. The third kappa shape index (κ3) is 10.9. The monoisotopic (exact) mass is 856 g/mol. The van der Waals surface area contributed by atoms with Gasteiger partial charge in [0, 0.05) is 26.6 Å². The zero-order valence-electron chi connectivity index (χ0n) is 35.4. The lowest BCUT2D eigenvalue weighted by Crippen LogP contribution is -2.70. The average molecular weight is 857 g/mol. The molecule has 6 amide bonds. The van der Waals surface area contributed by atoms with Crippen molar-refractivity contribution in [1.29, 1.82) is 0 Å². The molecule has 4 saturated heterocycles. The first-order valence-electron chi connectivity index (χ1n) is 20.9. The Morgan fingerprint density at radius 1 is 0.900 bits per heavy atom. The molecule has 10 atom stereocenters. The largest absolute Gasteiger partial charge is 0.458 e. The summed E-state index contributed by atoms with van der Waals surface area (Å²) in [4.78, 5) is 96.5. The fourth-order valence-electron chi connectivity index (χ4n) is 7.95. The van der Waals surface area contributed by atoms with Gasteiger partial charge in [0.25, 0.3) is 29.5 Å². The van der Waals surface area contributed by atoms with Gasteiger partial charge in [-0.25, -0.2) is 25.8 Å². The Hall–Kier alpha value is -4.03. The lowest BCUT2D eigenvalue weighted by molar-refractivity contribution is -0.325. The first kappa shape index (κ1) is 48.6. The van der Waals surface area contributed by atoms with Gasteiger partial charge in [0.05, 0.1) is 19.3 Å². The van der Waals surface area contributed by atoms with E-state index < -0.39 is 108 Å². The summed E-state index contributed by atoms with van der Waals surface area (Å²) < 4.78 is 16.6. The van der Waals surface area contributed by atoms with Crippen LogP contribution in [0.3, 0.4) is 0 Å². The summed E-state index contributed by atoms with van der Waals surface area (Å²) in [6.07, 6.45) is 3.67. The Balaban J connectivity index is 1.70. The van der Waals surface area contributed by atoms with E-state index in [9.17, 15) is 54.2 Å². The molecule has 0 spiro atoms. The number of hydrazine groups is 2. The van der Waals surface area contributed by atoms with Gasteiger partial charge in [-0.2, -0.15) is 0 Å². The maximum absolute atomic E-state index is 14.6. The van der Waals surface area contributed by atoms with Crippen molar-refractivity contribution in [2.24, 2.45) is 5.92 Å². The summed E-state index contributed by atoms with van der Waals surface area (Å²) in [5.41, 5.74) is 2.81. The van der Waals surface area contributed by atoms with Gasteiger partial charge in [-0.1, -0.05) is 32.6 Å². The number of amides is 6. The highest BCUT2D eigenvalue weighted by atomic mass is 16.6. The van der Waals surface area contributed by atoms with E-state index in [1.807, 2.05) is 0 Å². The van der Waals surface area contributed by atoms with Gasteiger partial charge >= 0.3 is 5.97 Å². The van der Waals surface area contributed by atoms with Gasteiger partial charge < -0.3 is 35.1 Å². The van der Waals surface area contributed by atoms with Gasteiger partial charge in [0.1, 0.15) is 24.2 Å². The lowest BCUT2D eigenvalue weighted by Gasteiger charge is -2.47. The highest BCUT2D eigenvalue weighted by molar-refractivity contribution is 5.97. The standard InChI is InChI=1S/C38H64N8O14/c1-7-8-9-10-13-25-16-17-38(55,60-23(25)3)37(5,54)36(53)42-30-24(4)59-35(52)22(2)45(56)32(49)26-14-11-18-40-43(26)29(47)20-39-31(48)28(21-58-6)46(57)33(50)27-15-12-19-41-44(27)34(30)51/h22-28,30,40-41,54-57H,7-21H2,1-6H3,(H,39,48)(H,42,53)/t22-,23+,24-,25-,26+,27-,28-,30+,37+,38+/m1/s1. The van der Waals surface area contributed by atoms with Crippen molar-refractivity contribution in [3.05, 3.63) is 0 Å². The predicted octanol–water partition coefficient (Wildman–Crippen LogP) is -1.41. The van der Waals surface area contributed by atoms with Crippen LogP contribution in [0.1, 0.15) is 105 Å². The minimum atomic E-state index is -2.70. The van der Waals surface area contributed by atoms with E-state index in [2.05, 4.69) is 28.4 Å². The SMILES string of the molecule is CCCCCC[C@@H]1CC[C@@](O)([C@@](C)(O)C(=O)N[C@@H]2C(=O)N3NCCC[C@@H]3C(=O)N(O)[C@H](COC)C(=O)NCC(=O)N3NCCC[C@H]3C(=O)N(O)[C@H](C)C(=O)O[C@@H]2C)O[C@H]1C. The van der Waals surface area contributed by atoms with Crippen LogP contribution in [0.5, 0.6) is 0 Å². The lowest BCUT2D eigenvalue weighted by atomic mass is 9.80. The molecule has 0 aromatic heterocycles. The van der Waals surface area contributed by atoms with Crippen molar-refractivity contribution in [3.63, 3.8) is 0 Å². The summed E-state index contributed by atoms with van der Waals surface area (Å²) in [5.74, 6) is -10.1. The van der Waals surface area contributed by atoms with E-state index in [1.54, 1.807) is 6.92 Å². The van der Waals surface area contributed by atoms with Crippen LogP contribution < -0.4 is 21.5 Å². The van der Waals surface area contributed by atoms with Crippen LogP contribution >= 0.6 is 0 Å². The number of hydrogen-bond acceptors (Lipinski definition) is 16. The Morgan fingerprint density at radius 3 is 2.13 bits per heavy atom. The number of methoxy groups -OCH3 is 1. The zero-order chi connectivity index (χ0) is 44.5. The van der Waals surface area contributed by atoms with E-state index in [1.165, 1.54) is 14.0 Å². The number of unbranched alkanes of at least 4 members (excludes halogenated alkanes) is 3. The summed E-state index contributed by atoms with van der Waals surface area (Å²) in [5, 5.41) is 52.1. The Kier molecular flexibility index (Phi) is 17.2. The molecule has 0 bridgehead atoms. The molecule has 0 saturated carbocycles. The number of carbonyl (C=O) groups excluding carboxylic acids is 7. The van der Waals surface area contributed by atoms with Crippen LogP contribution in [0, 0.1) is 5.92 Å². The summed E-state index contributed by atoms with van der Waals surface area (Å²) >= 11 is 0. The van der Waals surface area contributed by atoms with Crippen LogP contribution in [-0.2, 0) is 47.8 Å². The van der Waals surface area contributed by atoms with Crippen molar-refractivity contribution < 1.29 is 68.4 Å². The van der Waals surface area contributed by atoms with E-state index in [0.29, 0.717) is 19.3 Å². The number of aliphatic hydroxyl groups is 2. The van der Waals surface area contributed by atoms with Crippen LogP contribution in [-0.4, -0.2) is 169 Å². The van der Waals surface area contributed by atoms with Crippen LogP contribution in [0.2, 0.25) is 0 Å². The fraction of sp³-hybridized carbons (Fsp3) is 0.816. The van der Waals surface area contributed by atoms with Gasteiger partial charge in [0.2, 0.25) is 11.7 Å². The quantitative estimate of drug-likeness (QED) is 0.0712. The first-order valence-corrected chi connectivity index (χ1v) is 20.9. The maximum atomic E-state index is 14.6. The molecule has 4 aliphatic heterocycles. The molecule has 4 fully saturated rings. The van der Waals surface area contributed by atoms with Crippen LogP contribution in [0.25, 0.3) is 0 Å². The van der Waals surface area contributed by atoms with Crippen molar-refractivity contribution in [2.75, 3.05) is 33.4 Å². The second-order valence-electron chi connectivity index (χ2n) is 16.3.